The number of carbonyl (C=O) groups is 1. The quantitative estimate of drug-likeness (QED) is 0.364. The number of nitrogens with one attached hydrogen (secondary N) is 1. The van der Waals surface area contributed by atoms with Crippen molar-refractivity contribution < 1.29 is 24.1 Å². The highest BCUT2D eigenvalue weighted by Crippen LogP contribution is 2.47. The van der Waals surface area contributed by atoms with Gasteiger partial charge in [0.2, 0.25) is 0 Å². The lowest BCUT2D eigenvalue weighted by atomic mass is 9.74. The molecule has 9 heteroatoms. The van der Waals surface area contributed by atoms with E-state index in [9.17, 15) is 24.2 Å². The summed E-state index contributed by atoms with van der Waals surface area (Å²) >= 11 is 0. The molecular formula is C28H32FN3O5. The van der Waals surface area contributed by atoms with E-state index >= 15 is 0 Å². The first-order chi connectivity index (χ1) is 17.6. The van der Waals surface area contributed by atoms with E-state index in [1.165, 1.54) is 13.0 Å². The number of hydrogen-bond acceptors (Lipinski definition) is 7. The van der Waals surface area contributed by atoms with Crippen molar-refractivity contribution in [3.8, 4) is 11.4 Å². The number of fused-ring (bicyclic) bond motifs is 5. The number of aryl methyl sites for hydroxylation is 1. The zero-order chi connectivity index (χ0) is 26.9. The molecule has 4 heterocycles. The second-order valence-corrected chi connectivity index (χ2v) is 10.1. The molecule has 0 amide bonds. The molecule has 3 aromatic rings. The van der Waals surface area contributed by atoms with Crippen LogP contribution in [-0.2, 0) is 40.2 Å². The van der Waals surface area contributed by atoms with E-state index in [2.05, 4.69) is 12.2 Å². The van der Waals surface area contributed by atoms with Crippen LogP contribution in [0.5, 0.6) is 0 Å². The van der Waals surface area contributed by atoms with Gasteiger partial charge in [-0.05, 0) is 56.4 Å². The predicted octanol–water partition coefficient (Wildman–Crippen LogP) is 2.91. The van der Waals surface area contributed by atoms with E-state index in [4.69, 9.17) is 9.72 Å². The second-order valence-electron chi connectivity index (χ2n) is 10.1. The van der Waals surface area contributed by atoms with Gasteiger partial charge in [0.1, 0.15) is 12.4 Å². The first kappa shape index (κ1) is 25.5. The molecule has 196 valence electrons. The van der Waals surface area contributed by atoms with Crippen molar-refractivity contribution >= 4 is 16.9 Å². The smallest absolute Gasteiger partial charge is 0.342 e. The van der Waals surface area contributed by atoms with Crippen LogP contribution in [-0.4, -0.2) is 38.9 Å². The monoisotopic (exact) mass is 509 g/mol. The summed E-state index contributed by atoms with van der Waals surface area (Å²) in [5.41, 5.74) is 2.46. The van der Waals surface area contributed by atoms with Crippen LogP contribution in [0.1, 0.15) is 67.5 Å². The molecule has 0 bridgehead atoms. The molecule has 1 aromatic carbocycles. The first-order valence-electron chi connectivity index (χ1n) is 12.8. The second kappa shape index (κ2) is 8.72. The van der Waals surface area contributed by atoms with Crippen molar-refractivity contribution in [2.24, 2.45) is 0 Å². The minimum atomic E-state index is -1.95. The number of ether oxygens (including phenoxy) is 1. The number of cyclic esters (lactones) is 1. The normalized spacial score (nSPS) is 23.1. The summed E-state index contributed by atoms with van der Waals surface area (Å²) < 4.78 is 21.6. The molecule has 3 aliphatic rings. The summed E-state index contributed by atoms with van der Waals surface area (Å²) in [5, 5.41) is 24.7. The van der Waals surface area contributed by atoms with Crippen LogP contribution in [0, 0.1) is 12.7 Å². The number of benzene rings is 1. The van der Waals surface area contributed by atoms with Crippen molar-refractivity contribution in [2.75, 3.05) is 13.2 Å². The van der Waals surface area contributed by atoms with Gasteiger partial charge in [-0.1, -0.05) is 13.8 Å². The van der Waals surface area contributed by atoms with Crippen molar-refractivity contribution in [1.29, 1.82) is 0 Å². The van der Waals surface area contributed by atoms with Crippen LogP contribution < -0.4 is 10.9 Å². The summed E-state index contributed by atoms with van der Waals surface area (Å²) in [5.74, 6) is -1.14. The van der Waals surface area contributed by atoms with E-state index in [0.29, 0.717) is 41.9 Å². The van der Waals surface area contributed by atoms with Crippen LogP contribution in [0.25, 0.3) is 22.3 Å². The maximum atomic E-state index is 14.9. The Hall–Kier alpha value is -3.14. The molecule has 0 fully saturated rings. The molecule has 37 heavy (non-hydrogen) atoms. The van der Waals surface area contributed by atoms with Gasteiger partial charge in [0.05, 0.1) is 35.6 Å². The van der Waals surface area contributed by atoms with E-state index in [1.807, 2.05) is 13.8 Å². The molecule has 2 aliphatic heterocycles. The third-order valence-corrected chi connectivity index (χ3v) is 7.98. The standard InChI is InChI=1S/C26H26FN3O5.C2H6/c1-12-13-4-5-25(2,28-6-7-31)21-14-10-30-19(22(14)29-18(20(13)21)9-17(12)27)8-16-15(23(30)32)11-35-24(33)26(16,3)34;1-2/h8-9,28,31,34H,4-7,10-11H2,1-3H3;1-2H3. The molecule has 8 nitrogen and oxygen atoms in total. The maximum Gasteiger partial charge on any atom is 0.342 e. The van der Waals surface area contributed by atoms with Crippen LogP contribution in [0.4, 0.5) is 4.39 Å². The number of aromatic nitrogens is 2. The SMILES string of the molecule is CC.Cc1c(F)cc2nc3c(c4c2c1CCC4(C)NCCO)Cn1c-3cc2c(c1=O)COC(=O)C2(C)O. The number of halogens is 1. The summed E-state index contributed by atoms with van der Waals surface area (Å²) in [6.45, 7) is 9.57. The third kappa shape index (κ3) is 3.48. The van der Waals surface area contributed by atoms with Gasteiger partial charge in [0, 0.05) is 34.7 Å². The molecule has 2 atom stereocenters. The summed E-state index contributed by atoms with van der Waals surface area (Å²) in [6.07, 6.45) is 1.35. The Morgan fingerprint density at radius 3 is 2.62 bits per heavy atom. The van der Waals surface area contributed by atoms with Gasteiger partial charge < -0.3 is 24.8 Å². The third-order valence-electron chi connectivity index (χ3n) is 7.98. The number of nitrogens with zero attached hydrogens (tertiary/aromatic N) is 2. The molecule has 1 aliphatic carbocycles. The molecule has 0 spiro atoms. The highest BCUT2D eigenvalue weighted by molar-refractivity contribution is 5.93. The molecule has 0 saturated carbocycles. The summed E-state index contributed by atoms with van der Waals surface area (Å²) in [6, 6.07) is 3.07. The Morgan fingerprint density at radius 2 is 1.92 bits per heavy atom. The summed E-state index contributed by atoms with van der Waals surface area (Å²) in [7, 11) is 0. The lowest BCUT2D eigenvalue weighted by molar-refractivity contribution is -0.169. The van der Waals surface area contributed by atoms with Crippen molar-refractivity contribution in [2.45, 2.75) is 71.8 Å². The van der Waals surface area contributed by atoms with Gasteiger partial charge in [-0.3, -0.25) is 4.79 Å². The number of rotatable bonds is 3. The zero-order valence-electron chi connectivity index (χ0n) is 21.8. The Bertz CT molecular complexity index is 1530. The van der Waals surface area contributed by atoms with Gasteiger partial charge in [0.25, 0.3) is 5.56 Å². The van der Waals surface area contributed by atoms with Gasteiger partial charge in [0.15, 0.2) is 5.60 Å². The molecule has 0 radical (unpaired) electrons. The number of aliphatic hydroxyl groups is 2. The Labute approximate surface area is 214 Å². The first-order valence-corrected chi connectivity index (χ1v) is 12.8. The predicted molar refractivity (Wildman–Crippen MR) is 137 cm³/mol. The lowest BCUT2D eigenvalue weighted by Crippen LogP contribution is -2.44. The van der Waals surface area contributed by atoms with Gasteiger partial charge >= 0.3 is 5.97 Å². The molecule has 2 aromatic heterocycles. The number of aliphatic hydroxyl groups excluding tert-OH is 1. The van der Waals surface area contributed by atoms with Crippen LogP contribution >= 0.6 is 0 Å². The fourth-order valence-electron chi connectivity index (χ4n) is 6.07. The van der Waals surface area contributed by atoms with E-state index < -0.39 is 17.1 Å². The highest BCUT2D eigenvalue weighted by Gasteiger charge is 2.44. The maximum absolute atomic E-state index is 14.9. The molecule has 2 unspecified atom stereocenters. The average molecular weight is 510 g/mol. The fraction of sp³-hybridized carbons (Fsp3) is 0.464. The number of esters is 1. The van der Waals surface area contributed by atoms with Crippen LogP contribution in [0.2, 0.25) is 0 Å². The fourth-order valence-corrected chi connectivity index (χ4v) is 6.07. The van der Waals surface area contributed by atoms with E-state index in [0.717, 1.165) is 22.1 Å². The van der Waals surface area contributed by atoms with Gasteiger partial charge in [-0.25, -0.2) is 14.2 Å². The molecular weight excluding hydrogens is 477 g/mol. The average Bonchev–Trinajstić information content (AvgIpc) is 3.24. The largest absolute Gasteiger partial charge is 0.458 e. The van der Waals surface area contributed by atoms with Gasteiger partial charge in [-0.15, -0.1) is 0 Å². The van der Waals surface area contributed by atoms with Crippen molar-refractivity contribution in [1.82, 2.24) is 14.9 Å². The Kier molecular flexibility index (Phi) is 6.01. The highest BCUT2D eigenvalue weighted by atomic mass is 19.1. The topological polar surface area (TPSA) is 114 Å². The minimum absolute atomic E-state index is 0.0309. The zero-order valence-corrected chi connectivity index (χ0v) is 21.8. The van der Waals surface area contributed by atoms with Gasteiger partial charge in [-0.2, -0.15) is 0 Å². The number of carbonyl (C=O) groups excluding carboxylic acids is 1. The van der Waals surface area contributed by atoms with Crippen LogP contribution in [0.3, 0.4) is 0 Å². The Balaban J connectivity index is 0.00000137. The molecule has 6 rings (SSSR count). The number of hydrogen-bond donors (Lipinski definition) is 3. The lowest BCUT2D eigenvalue weighted by Gasteiger charge is -2.38. The minimum Gasteiger partial charge on any atom is -0.458 e. The van der Waals surface area contributed by atoms with Crippen molar-refractivity contribution in [3.05, 3.63) is 61.7 Å². The van der Waals surface area contributed by atoms with E-state index in [-0.39, 0.29) is 42.3 Å². The number of pyridine rings is 2. The Morgan fingerprint density at radius 1 is 1.19 bits per heavy atom. The summed E-state index contributed by atoms with van der Waals surface area (Å²) in [4.78, 5) is 30.6. The van der Waals surface area contributed by atoms with Crippen LogP contribution in [0.15, 0.2) is 16.9 Å². The molecule has 0 saturated heterocycles. The molecule has 3 N–H and O–H groups in total. The van der Waals surface area contributed by atoms with E-state index in [1.54, 1.807) is 17.6 Å². The van der Waals surface area contributed by atoms with Crippen molar-refractivity contribution in [3.63, 3.8) is 0 Å².